The molecule has 0 spiro atoms. The molecule has 1 unspecified atom stereocenters. The van der Waals surface area contributed by atoms with Crippen LogP contribution in [0.1, 0.15) is 26.7 Å². The number of likely N-dealkylation sites (tertiary alicyclic amines) is 1. The van der Waals surface area contributed by atoms with Crippen LogP contribution in [0, 0.1) is 5.92 Å². The second-order valence-corrected chi connectivity index (χ2v) is 5.50. The molecule has 1 fully saturated rings. The summed E-state index contributed by atoms with van der Waals surface area (Å²) in [5, 5.41) is 3.34. The molecule has 1 atom stereocenters. The van der Waals surface area contributed by atoms with Crippen molar-refractivity contribution in [1.29, 1.82) is 0 Å². The molecule has 0 aromatic heterocycles. The molecule has 1 N–H and O–H groups in total. The quantitative estimate of drug-likeness (QED) is 0.638. The Morgan fingerprint density at radius 1 is 1.62 bits per heavy atom. The summed E-state index contributed by atoms with van der Waals surface area (Å²) in [6.07, 6.45) is 2.60. The Morgan fingerprint density at radius 2 is 2.38 bits per heavy atom. The molecular formula is C12H22BrN3. The minimum atomic E-state index is 0.646. The predicted octanol–water partition coefficient (Wildman–Crippen LogP) is 2.59. The van der Waals surface area contributed by atoms with Crippen LogP contribution in [0.25, 0.3) is 0 Å². The average molecular weight is 288 g/mol. The van der Waals surface area contributed by atoms with E-state index in [1.807, 2.05) is 0 Å². The van der Waals surface area contributed by atoms with E-state index in [0.717, 1.165) is 36.0 Å². The van der Waals surface area contributed by atoms with Gasteiger partial charge in [-0.15, -0.1) is 0 Å². The van der Waals surface area contributed by atoms with Crippen LogP contribution in [-0.4, -0.2) is 37.0 Å². The van der Waals surface area contributed by atoms with Gasteiger partial charge < -0.3 is 10.2 Å². The van der Waals surface area contributed by atoms with Gasteiger partial charge in [0, 0.05) is 24.1 Å². The van der Waals surface area contributed by atoms with Crippen LogP contribution in [0.3, 0.4) is 0 Å². The van der Waals surface area contributed by atoms with E-state index < -0.39 is 0 Å². The number of hydrogen-bond acceptors (Lipinski definition) is 1. The molecule has 0 bridgehead atoms. The van der Waals surface area contributed by atoms with Crippen LogP contribution < -0.4 is 5.32 Å². The van der Waals surface area contributed by atoms with Gasteiger partial charge in [-0.2, -0.15) is 0 Å². The van der Waals surface area contributed by atoms with Crippen LogP contribution in [-0.2, 0) is 0 Å². The van der Waals surface area contributed by atoms with Gasteiger partial charge in [0.1, 0.15) is 0 Å². The molecule has 1 aliphatic rings. The Kier molecular flexibility index (Phi) is 5.88. The lowest BCUT2D eigenvalue weighted by molar-refractivity contribution is 0.266. The zero-order valence-electron chi connectivity index (χ0n) is 10.3. The molecule has 0 saturated carbocycles. The molecular weight excluding hydrogens is 266 g/mol. The largest absolute Gasteiger partial charge is 0.357 e. The first-order valence-electron chi connectivity index (χ1n) is 6.00. The second kappa shape index (κ2) is 6.94. The highest BCUT2D eigenvalue weighted by molar-refractivity contribution is 9.11. The molecule has 0 aliphatic carbocycles. The van der Waals surface area contributed by atoms with E-state index in [2.05, 4.69) is 51.6 Å². The number of piperidine rings is 1. The van der Waals surface area contributed by atoms with E-state index in [1.54, 1.807) is 0 Å². The van der Waals surface area contributed by atoms with E-state index in [-0.39, 0.29) is 0 Å². The molecule has 0 amide bonds. The van der Waals surface area contributed by atoms with Gasteiger partial charge in [0.05, 0.1) is 6.54 Å². The Hall–Kier alpha value is -0.510. The summed E-state index contributed by atoms with van der Waals surface area (Å²) in [4.78, 5) is 6.91. The first-order chi connectivity index (χ1) is 7.63. The minimum absolute atomic E-state index is 0.646. The second-order valence-electron chi connectivity index (χ2n) is 4.38. The van der Waals surface area contributed by atoms with Gasteiger partial charge in [-0.1, -0.05) is 29.4 Å². The molecule has 0 radical (unpaired) electrons. The summed E-state index contributed by atoms with van der Waals surface area (Å²) in [7, 11) is 0. The molecule has 3 nitrogen and oxygen atoms in total. The fourth-order valence-electron chi connectivity index (χ4n) is 1.97. The molecule has 1 aliphatic heterocycles. The Bertz CT molecular complexity index is 263. The topological polar surface area (TPSA) is 27.6 Å². The van der Waals surface area contributed by atoms with Crippen LogP contribution in [0.2, 0.25) is 0 Å². The van der Waals surface area contributed by atoms with Crippen molar-refractivity contribution in [1.82, 2.24) is 10.2 Å². The maximum absolute atomic E-state index is 4.56. The Morgan fingerprint density at radius 3 is 2.94 bits per heavy atom. The lowest BCUT2D eigenvalue weighted by Gasteiger charge is -2.33. The van der Waals surface area contributed by atoms with Crippen molar-refractivity contribution < 1.29 is 0 Å². The molecule has 92 valence electrons. The zero-order valence-corrected chi connectivity index (χ0v) is 11.9. The van der Waals surface area contributed by atoms with Crippen molar-refractivity contribution in [2.45, 2.75) is 26.7 Å². The van der Waals surface area contributed by atoms with E-state index in [0.29, 0.717) is 6.54 Å². The van der Waals surface area contributed by atoms with Crippen molar-refractivity contribution in [2.24, 2.45) is 10.9 Å². The van der Waals surface area contributed by atoms with Crippen LogP contribution in [0.15, 0.2) is 16.1 Å². The van der Waals surface area contributed by atoms with Gasteiger partial charge in [0.25, 0.3) is 0 Å². The van der Waals surface area contributed by atoms with Crippen molar-refractivity contribution in [3.8, 4) is 0 Å². The smallest absolute Gasteiger partial charge is 0.194 e. The maximum atomic E-state index is 4.56. The number of halogens is 1. The third-order valence-corrected chi connectivity index (χ3v) is 2.94. The maximum Gasteiger partial charge on any atom is 0.194 e. The highest BCUT2D eigenvalue weighted by Gasteiger charge is 2.18. The van der Waals surface area contributed by atoms with Gasteiger partial charge in [-0.25, -0.2) is 4.99 Å². The van der Waals surface area contributed by atoms with Crippen molar-refractivity contribution in [3.63, 3.8) is 0 Å². The molecule has 4 heteroatoms. The number of rotatable bonds is 3. The lowest BCUT2D eigenvalue weighted by atomic mass is 10.0. The van der Waals surface area contributed by atoms with Crippen molar-refractivity contribution in [2.75, 3.05) is 26.2 Å². The molecule has 1 saturated heterocycles. The fourth-order valence-corrected chi connectivity index (χ4v) is 2.09. The number of nitrogens with one attached hydrogen (secondary N) is 1. The highest BCUT2D eigenvalue weighted by atomic mass is 79.9. The van der Waals surface area contributed by atoms with E-state index in [4.69, 9.17) is 0 Å². The number of aliphatic imine (C=N–C) groups is 1. The normalized spacial score (nSPS) is 22.1. The summed E-state index contributed by atoms with van der Waals surface area (Å²) < 4.78 is 0.924. The predicted molar refractivity (Wildman–Crippen MR) is 74.0 cm³/mol. The molecule has 0 aromatic rings. The molecule has 16 heavy (non-hydrogen) atoms. The SMILES string of the molecule is C=C(Br)CN=C(NCC)N1CCCC(C)C1. The number of hydrogen-bond donors (Lipinski definition) is 1. The molecule has 1 heterocycles. The van der Waals surface area contributed by atoms with Crippen molar-refractivity contribution >= 4 is 21.9 Å². The van der Waals surface area contributed by atoms with Gasteiger partial charge in [0.2, 0.25) is 0 Å². The van der Waals surface area contributed by atoms with E-state index in [1.165, 1.54) is 12.8 Å². The first kappa shape index (κ1) is 13.6. The fraction of sp³-hybridized carbons (Fsp3) is 0.750. The summed E-state index contributed by atoms with van der Waals surface area (Å²) in [6, 6.07) is 0. The van der Waals surface area contributed by atoms with E-state index >= 15 is 0 Å². The molecule has 1 rings (SSSR count). The average Bonchev–Trinajstić information content (AvgIpc) is 2.24. The van der Waals surface area contributed by atoms with Crippen LogP contribution in [0.5, 0.6) is 0 Å². The van der Waals surface area contributed by atoms with Crippen molar-refractivity contribution in [3.05, 3.63) is 11.1 Å². The van der Waals surface area contributed by atoms with Gasteiger partial charge in [0.15, 0.2) is 5.96 Å². The standard InChI is InChI=1S/C12H22BrN3/c1-4-14-12(15-8-11(3)13)16-7-5-6-10(2)9-16/h10H,3-9H2,1-2H3,(H,14,15). The Balaban J connectivity index is 2.60. The zero-order chi connectivity index (χ0) is 12.0. The monoisotopic (exact) mass is 287 g/mol. The van der Waals surface area contributed by atoms with E-state index in [9.17, 15) is 0 Å². The summed E-state index contributed by atoms with van der Waals surface area (Å²) >= 11 is 3.34. The van der Waals surface area contributed by atoms with Crippen LogP contribution in [0.4, 0.5) is 0 Å². The summed E-state index contributed by atoms with van der Waals surface area (Å²) in [6.45, 7) is 12.0. The number of nitrogens with zero attached hydrogens (tertiary/aromatic N) is 2. The number of guanidine groups is 1. The Labute approximate surface area is 107 Å². The lowest BCUT2D eigenvalue weighted by Crippen LogP contribution is -2.46. The summed E-state index contributed by atoms with van der Waals surface area (Å²) in [5.41, 5.74) is 0. The van der Waals surface area contributed by atoms with Gasteiger partial charge in [-0.3, -0.25) is 0 Å². The summed E-state index contributed by atoms with van der Waals surface area (Å²) in [5.74, 6) is 1.79. The van der Waals surface area contributed by atoms with Crippen LogP contribution >= 0.6 is 15.9 Å². The third kappa shape index (κ3) is 4.56. The van der Waals surface area contributed by atoms with Gasteiger partial charge >= 0.3 is 0 Å². The first-order valence-corrected chi connectivity index (χ1v) is 6.79. The molecule has 0 aromatic carbocycles. The third-order valence-electron chi connectivity index (χ3n) is 2.69. The highest BCUT2D eigenvalue weighted by Crippen LogP contribution is 2.15. The van der Waals surface area contributed by atoms with Gasteiger partial charge in [-0.05, 0) is 25.7 Å². The minimum Gasteiger partial charge on any atom is -0.357 e.